The average molecular weight is 276 g/mol. The molecule has 0 saturated heterocycles. The summed E-state index contributed by atoms with van der Waals surface area (Å²) in [7, 11) is 4.24. The lowest BCUT2D eigenvalue weighted by atomic mass is 10.1. The zero-order chi connectivity index (χ0) is 14.4. The number of aliphatic hydroxyl groups is 1. The van der Waals surface area contributed by atoms with Crippen LogP contribution in [0.25, 0.3) is 0 Å². The van der Waals surface area contributed by atoms with Crippen LogP contribution in [0.2, 0.25) is 0 Å². The average Bonchev–Trinajstić information content (AvgIpc) is 2.97. The Labute approximate surface area is 120 Å². The van der Waals surface area contributed by atoms with Gasteiger partial charge in [0.25, 0.3) is 0 Å². The van der Waals surface area contributed by atoms with Gasteiger partial charge in [0.05, 0.1) is 20.4 Å². The largest absolute Gasteiger partial charge is 0.463 e. The summed E-state index contributed by atoms with van der Waals surface area (Å²) >= 11 is 0. The molecule has 0 bridgehead atoms. The summed E-state index contributed by atoms with van der Waals surface area (Å²) in [6.07, 6.45) is 1.29. The molecule has 4 heteroatoms. The third-order valence-corrected chi connectivity index (χ3v) is 3.56. The van der Waals surface area contributed by atoms with Gasteiger partial charge in [-0.1, -0.05) is 30.3 Å². The van der Waals surface area contributed by atoms with Crippen LogP contribution < -0.4 is 10.2 Å². The molecule has 0 unspecified atom stereocenters. The number of nitrogens with two attached hydrogens (primary N) is 1. The summed E-state index contributed by atoms with van der Waals surface area (Å²) in [5.74, 6) is 0.996. The Morgan fingerprint density at radius 2 is 1.85 bits per heavy atom. The van der Waals surface area contributed by atoms with Crippen molar-refractivity contribution in [2.75, 3.05) is 27.2 Å². The van der Waals surface area contributed by atoms with Crippen LogP contribution in [-0.4, -0.2) is 32.3 Å². The van der Waals surface area contributed by atoms with Gasteiger partial charge in [-0.2, -0.15) is 0 Å². The zero-order valence-electron chi connectivity index (χ0n) is 12.1. The maximum Gasteiger partial charge on any atom is 0.195 e. The lowest BCUT2D eigenvalue weighted by Crippen LogP contribution is -3.09. The molecule has 0 aliphatic rings. The summed E-state index contributed by atoms with van der Waals surface area (Å²) in [4.78, 5) is 1.32. The van der Waals surface area contributed by atoms with E-state index in [9.17, 15) is 5.11 Å². The standard InChI is InChI=1S/C16H22N2O2/c1-18(2)14(16-9-6-10-20-16)11-17-12-15(19)13-7-4-3-5-8-13/h3-10,14-15,17,19H,11-12H2,1-2H3/p+2/t14-,15-/m1/s1. The van der Waals surface area contributed by atoms with E-state index in [2.05, 4.69) is 19.4 Å². The van der Waals surface area contributed by atoms with Crippen LogP contribution in [0, 0.1) is 0 Å². The first kappa shape index (κ1) is 14.8. The molecule has 0 saturated carbocycles. The van der Waals surface area contributed by atoms with Gasteiger partial charge < -0.3 is 19.7 Å². The first-order valence-corrected chi connectivity index (χ1v) is 7.06. The van der Waals surface area contributed by atoms with Crippen molar-refractivity contribution in [2.45, 2.75) is 12.1 Å². The molecular weight excluding hydrogens is 252 g/mol. The predicted octanol–water partition coefficient (Wildman–Crippen LogP) is -0.238. The maximum absolute atomic E-state index is 10.1. The number of hydrogen-bond acceptors (Lipinski definition) is 2. The molecule has 1 aromatic heterocycles. The van der Waals surface area contributed by atoms with E-state index < -0.39 is 6.10 Å². The zero-order valence-corrected chi connectivity index (χ0v) is 12.1. The highest BCUT2D eigenvalue weighted by atomic mass is 16.3. The fourth-order valence-corrected chi connectivity index (χ4v) is 2.36. The van der Waals surface area contributed by atoms with Gasteiger partial charge in [-0.15, -0.1) is 0 Å². The van der Waals surface area contributed by atoms with E-state index in [1.165, 1.54) is 4.90 Å². The topological polar surface area (TPSA) is 54.4 Å². The van der Waals surface area contributed by atoms with E-state index in [-0.39, 0.29) is 0 Å². The van der Waals surface area contributed by atoms with Gasteiger partial charge >= 0.3 is 0 Å². The molecule has 108 valence electrons. The highest BCUT2D eigenvalue weighted by molar-refractivity contribution is 5.17. The van der Waals surface area contributed by atoms with Crippen molar-refractivity contribution in [1.29, 1.82) is 0 Å². The Bertz CT molecular complexity index is 482. The number of furan rings is 1. The van der Waals surface area contributed by atoms with E-state index in [1.54, 1.807) is 6.26 Å². The lowest BCUT2D eigenvalue weighted by Gasteiger charge is -2.18. The van der Waals surface area contributed by atoms with Gasteiger partial charge in [-0.25, -0.2) is 0 Å². The van der Waals surface area contributed by atoms with Crippen molar-refractivity contribution in [3.05, 3.63) is 60.1 Å². The molecule has 0 fully saturated rings. The Morgan fingerprint density at radius 3 is 2.45 bits per heavy atom. The molecule has 4 N–H and O–H groups in total. The minimum absolute atomic E-state index is 0.299. The number of quaternary nitrogens is 2. The van der Waals surface area contributed by atoms with Gasteiger partial charge in [-0.3, -0.25) is 0 Å². The minimum atomic E-state index is -0.425. The Kier molecular flexibility index (Phi) is 5.35. The second-order valence-corrected chi connectivity index (χ2v) is 5.33. The molecule has 0 spiro atoms. The van der Waals surface area contributed by atoms with Gasteiger partial charge in [0.15, 0.2) is 11.8 Å². The van der Waals surface area contributed by atoms with Crippen LogP contribution >= 0.6 is 0 Å². The number of rotatable bonds is 7. The molecule has 0 radical (unpaired) electrons. The normalized spacial score (nSPS) is 14.4. The summed E-state index contributed by atoms with van der Waals surface area (Å²) in [6, 6.07) is 14.0. The first-order valence-electron chi connectivity index (χ1n) is 7.06. The van der Waals surface area contributed by atoms with Crippen LogP contribution in [0.15, 0.2) is 53.1 Å². The number of aliphatic hydroxyl groups excluding tert-OH is 1. The summed E-state index contributed by atoms with van der Waals surface area (Å²) in [5.41, 5.74) is 0.968. The molecule has 0 aliphatic carbocycles. The van der Waals surface area contributed by atoms with Crippen LogP contribution in [0.1, 0.15) is 23.5 Å². The van der Waals surface area contributed by atoms with E-state index in [0.29, 0.717) is 12.6 Å². The highest BCUT2D eigenvalue weighted by Gasteiger charge is 2.23. The minimum Gasteiger partial charge on any atom is -0.463 e. The fraction of sp³-hybridized carbons (Fsp3) is 0.375. The van der Waals surface area contributed by atoms with Gasteiger partial charge in [0.2, 0.25) is 0 Å². The van der Waals surface area contributed by atoms with Crippen LogP contribution in [0.3, 0.4) is 0 Å². The summed E-state index contributed by atoms with van der Waals surface area (Å²) in [6.45, 7) is 1.55. The van der Waals surface area contributed by atoms with E-state index >= 15 is 0 Å². The van der Waals surface area contributed by atoms with E-state index in [1.807, 2.05) is 42.5 Å². The van der Waals surface area contributed by atoms with Crippen LogP contribution in [0.5, 0.6) is 0 Å². The van der Waals surface area contributed by atoms with E-state index in [4.69, 9.17) is 4.42 Å². The molecule has 20 heavy (non-hydrogen) atoms. The second-order valence-electron chi connectivity index (χ2n) is 5.33. The molecule has 0 amide bonds. The van der Waals surface area contributed by atoms with Crippen molar-refractivity contribution in [3.63, 3.8) is 0 Å². The number of benzene rings is 1. The van der Waals surface area contributed by atoms with Crippen LogP contribution in [-0.2, 0) is 0 Å². The van der Waals surface area contributed by atoms with Gasteiger partial charge in [-0.05, 0) is 17.7 Å². The van der Waals surface area contributed by atoms with Crippen molar-refractivity contribution >= 4 is 0 Å². The molecule has 4 nitrogen and oxygen atoms in total. The molecular formula is C16H24N2O2+2. The van der Waals surface area contributed by atoms with Crippen molar-refractivity contribution in [1.82, 2.24) is 0 Å². The predicted molar refractivity (Wildman–Crippen MR) is 77.3 cm³/mol. The smallest absolute Gasteiger partial charge is 0.195 e. The quantitative estimate of drug-likeness (QED) is 0.654. The third kappa shape index (κ3) is 3.93. The Morgan fingerprint density at radius 1 is 1.10 bits per heavy atom. The number of hydrogen-bond donors (Lipinski definition) is 3. The van der Waals surface area contributed by atoms with Crippen molar-refractivity contribution < 1.29 is 19.7 Å². The van der Waals surface area contributed by atoms with E-state index in [0.717, 1.165) is 17.9 Å². The molecule has 1 aromatic carbocycles. The number of likely N-dealkylation sites (N-methyl/N-ethyl adjacent to an activating group) is 1. The molecule has 2 atom stereocenters. The summed E-state index contributed by atoms with van der Waals surface area (Å²) < 4.78 is 5.50. The molecule has 1 heterocycles. The molecule has 2 rings (SSSR count). The third-order valence-electron chi connectivity index (χ3n) is 3.56. The summed E-state index contributed by atoms with van der Waals surface area (Å²) in [5, 5.41) is 12.3. The molecule has 0 aliphatic heterocycles. The number of nitrogens with one attached hydrogen (secondary N) is 1. The monoisotopic (exact) mass is 276 g/mol. The molecule has 2 aromatic rings. The van der Waals surface area contributed by atoms with Gasteiger partial charge in [0, 0.05) is 0 Å². The van der Waals surface area contributed by atoms with Gasteiger partial charge in [0.1, 0.15) is 19.2 Å². The van der Waals surface area contributed by atoms with Crippen molar-refractivity contribution in [3.8, 4) is 0 Å². The SMILES string of the molecule is C[NH+](C)[C@H](C[NH2+]C[C@@H](O)c1ccccc1)c1ccco1. The second kappa shape index (κ2) is 7.24. The van der Waals surface area contributed by atoms with Crippen LogP contribution in [0.4, 0.5) is 0 Å². The highest BCUT2D eigenvalue weighted by Crippen LogP contribution is 2.10. The lowest BCUT2D eigenvalue weighted by molar-refractivity contribution is -0.910. The fourth-order valence-electron chi connectivity index (χ4n) is 2.36. The van der Waals surface area contributed by atoms with Crippen molar-refractivity contribution in [2.24, 2.45) is 0 Å². The Balaban J connectivity index is 1.85. The first-order chi connectivity index (χ1) is 9.68. The maximum atomic E-state index is 10.1. The Hall–Kier alpha value is -1.62.